The van der Waals surface area contributed by atoms with Crippen LogP contribution in [-0.4, -0.2) is 36.9 Å². The van der Waals surface area contributed by atoms with E-state index in [1.807, 2.05) is 42.1 Å². The van der Waals surface area contributed by atoms with Crippen molar-refractivity contribution in [2.45, 2.75) is 40.3 Å². The molecule has 6 heteroatoms. The minimum atomic E-state index is -0.266. The van der Waals surface area contributed by atoms with Gasteiger partial charge in [0.25, 0.3) is 5.91 Å². The van der Waals surface area contributed by atoms with Gasteiger partial charge in [0, 0.05) is 45.0 Å². The van der Waals surface area contributed by atoms with Gasteiger partial charge in [0.15, 0.2) is 0 Å². The van der Waals surface area contributed by atoms with Crippen LogP contribution in [0.4, 0.5) is 11.4 Å². The predicted molar refractivity (Wildman–Crippen MR) is 121 cm³/mol. The van der Waals surface area contributed by atoms with Crippen LogP contribution in [0.2, 0.25) is 5.02 Å². The molecule has 0 radical (unpaired) electrons. The number of hydrogen-bond donors (Lipinski definition) is 1. The third kappa shape index (κ3) is 5.73. The number of benzene rings is 2. The van der Waals surface area contributed by atoms with Crippen molar-refractivity contribution in [1.82, 2.24) is 4.90 Å². The van der Waals surface area contributed by atoms with E-state index in [1.54, 1.807) is 31.2 Å². The summed E-state index contributed by atoms with van der Waals surface area (Å²) in [5, 5.41) is 3.32. The number of amides is 2. The lowest BCUT2D eigenvalue weighted by Crippen LogP contribution is -2.39. The summed E-state index contributed by atoms with van der Waals surface area (Å²) >= 11 is 6.14. The number of nitrogens with zero attached hydrogens (tertiary/aromatic N) is 2. The SMILES string of the molecule is CC(=O)N(Cc1cc(NC(=O)c2ccccc2Cl)ccc1N(C)C)C(C)C(C)C. The number of carbonyl (C=O) groups is 2. The molecule has 156 valence electrons. The number of nitrogens with one attached hydrogen (secondary N) is 1. The Labute approximate surface area is 178 Å². The zero-order chi connectivity index (χ0) is 21.7. The van der Waals surface area contributed by atoms with Gasteiger partial charge >= 0.3 is 0 Å². The molecule has 0 aliphatic carbocycles. The number of hydrogen-bond acceptors (Lipinski definition) is 3. The summed E-state index contributed by atoms with van der Waals surface area (Å²) in [5.41, 5.74) is 3.06. The first-order valence-electron chi connectivity index (χ1n) is 9.75. The first-order chi connectivity index (χ1) is 13.6. The molecular formula is C23H30ClN3O2. The van der Waals surface area contributed by atoms with Crippen LogP contribution in [0, 0.1) is 5.92 Å². The van der Waals surface area contributed by atoms with Crippen LogP contribution >= 0.6 is 11.6 Å². The average molecular weight is 416 g/mol. The van der Waals surface area contributed by atoms with Gasteiger partial charge in [0.05, 0.1) is 10.6 Å². The monoisotopic (exact) mass is 415 g/mol. The van der Waals surface area contributed by atoms with Crippen LogP contribution in [0.5, 0.6) is 0 Å². The maximum atomic E-state index is 12.6. The van der Waals surface area contributed by atoms with Gasteiger partial charge in [-0.25, -0.2) is 0 Å². The van der Waals surface area contributed by atoms with E-state index >= 15 is 0 Å². The fraction of sp³-hybridized carbons (Fsp3) is 0.391. The zero-order valence-electron chi connectivity index (χ0n) is 18.0. The van der Waals surface area contributed by atoms with E-state index in [2.05, 4.69) is 26.1 Å². The highest BCUT2D eigenvalue weighted by Gasteiger charge is 2.22. The molecule has 0 spiro atoms. The summed E-state index contributed by atoms with van der Waals surface area (Å²) < 4.78 is 0. The second kappa shape index (κ2) is 9.79. The Bertz CT molecular complexity index is 880. The fourth-order valence-corrected chi connectivity index (χ4v) is 3.38. The van der Waals surface area contributed by atoms with Gasteiger partial charge in [-0.1, -0.05) is 37.6 Å². The fourth-order valence-electron chi connectivity index (χ4n) is 3.16. The lowest BCUT2D eigenvalue weighted by Gasteiger charge is -2.32. The maximum absolute atomic E-state index is 12.6. The van der Waals surface area contributed by atoms with Crippen molar-refractivity contribution in [2.24, 2.45) is 5.92 Å². The van der Waals surface area contributed by atoms with Gasteiger partial charge in [-0.2, -0.15) is 0 Å². The predicted octanol–water partition coefficient (Wildman–Crippen LogP) is 5.05. The van der Waals surface area contributed by atoms with Crippen molar-refractivity contribution in [3.63, 3.8) is 0 Å². The zero-order valence-corrected chi connectivity index (χ0v) is 18.7. The molecule has 0 heterocycles. The highest BCUT2D eigenvalue weighted by Crippen LogP contribution is 2.27. The molecule has 5 nitrogen and oxygen atoms in total. The molecule has 2 rings (SSSR count). The molecule has 0 fully saturated rings. The third-order valence-electron chi connectivity index (χ3n) is 5.14. The third-order valence-corrected chi connectivity index (χ3v) is 5.47. The van der Waals surface area contributed by atoms with Crippen LogP contribution in [0.15, 0.2) is 42.5 Å². The molecule has 1 unspecified atom stereocenters. The minimum absolute atomic E-state index is 0.0291. The van der Waals surface area contributed by atoms with Crippen molar-refractivity contribution in [1.29, 1.82) is 0 Å². The van der Waals surface area contributed by atoms with Crippen LogP contribution in [0.25, 0.3) is 0 Å². The Morgan fingerprint density at radius 2 is 1.72 bits per heavy atom. The van der Waals surface area contributed by atoms with Gasteiger partial charge in [0.1, 0.15) is 0 Å². The number of anilines is 2. The van der Waals surface area contributed by atoms with E-state index < -0.39 is 0 Å². The Morgan fingerprint density at radius 3 is 2.28 bits per heavy atom. The van der Waals surface area contributed by atoms with Crippen molar-refractivity contribution in [2.75, 3.05) is 24.3 Å². The van der Waals surface area contributed by atoms with E-state index in [0.717, 1.165) is 11.3 Å². The summed E-state index contributed by atoms with van der Waals surface area (Å²) in [7, 11) is 3.93. The molecule has 0 aliphatic rings. The van der Waals surface area contributed by atoms with Gasteiger partial charge < -0.3 is 15.1 Å². The molecule has 0 aromatic heterocycles. The smallest absolute Gasteiger partial charge is 0.257 e. The van der Waals surface area contributed by atoms with Gasteiger partial charge in [-0.3, -0.25) is 9.59 Å². The van der Waals surface area contributed by atoms with E-state index in [-0.39, 0.29) is 17.9 Å². The van der Waals surface area contributed by atoms with Crippen molar-refractivity contribution < 1.29 is 9.59 Å². The Balaban J connectivity index is 2.35. The second-order valence-electron chi connectivity index (χ2n) is 7.80. The van der Waals surface area contributed by atoms with Gasteiger partial charge in [-0.05, 0) is 48.7 Å². The Morgan fingerprint density at radius 1 is 1.07 bits per heavy atom. The second-order valence-corrected chi connectivity index (χ2v) is 8.21. The topological polar surface area (TPSA) is 52.7 Å². The first-order valence-corrected chi connectivity index (χ1v) is 10.1. The standard InChI is InChI=1S/C23H30ClN3O2/c1-15(2)16(3)27(17(4)28)14-18-13-19(11-12-22(18)26(5)6)25-23(29)20-9-7-8-10-21(20)24/h7-13,15-16H,14H2,1-6H3,(H,25,29). The molecular weight excluding hydrogens is 386 g/mol. The molecule has 29 heavy (non-hydrogen) atoms. The first kappa shape index (κ1) is 22.8. The van der Waals surface area contributed by atoms with E-state index in [1.165, 1.54) is 0 Å². The number of halogens is 1. The molecule has 2 aromatic carbocycles. The number of carbonyl (C=O) groups excluding carboxylic acids is 2. The number of rotatable bonds is 7. The van der Waals surface area contributed by atoms with Crippen LogP contribution in [0.3, 0.4) is 0 Å². The Kier molecular flexibility index (Phi) is 7.68. The molecule has 1 N–H and O–H groups in total. The summed E-state index contributed by atoms with van der Waals surface area (Å²) in [6, 6.07) is 12.8. The van der Waals surface area contributed by atoms with Crippen molar-refractivity contribution in [3.8, 4) is 0 Å². The summed E-state index contributed by atoms with van der Waals surface area (Å²) in [4.78, 5) is 28.8. The van der Waals surface area contributed by atoms with Crippen molar-refractivity contribution >= 4 is 34.8 Å². The normalized spacial score (nSPS) is 11.9. The van der Waals surface area contributed by atoms with Gasteiger partial charge in [0.2, 0.25) is 5.91 Å². The van der Waals surface area contributed by atoms with E-state index in [0.29, 0.717) is 28.7 Å². The Hall–Kier alpha value is -2.53. The highest BCUT2D eigenvalue weighted by atomic mass is 35.5. The molecule has 0 saturated heterocycles. The lowest BCUT2D eigenvalue weighted by atomic mass is 10.0. The molecule has 2 amide bonds. The maximum Gasteiger partial charge on any atom is 0.257 e. The lowest BCUT2D eigenvalue weighted by molar-refractivity contribution is -0.132. The van der Waals surface area contributed by atoms with Crippen LogP contribution in [0.1, 0.15) is 43.6 Å². The average Bonchev–Trinajstić information content (AvgIpc) is 2.65. The van der Waals surface area contributed by atoms with Crippen LogP contribution in [-0.2, 0) is 11.3 Å². The summed E-state index contributed by atoms with van der Waals surface area (Å²) in [5.74, 6) is 0.101. The molecule has 2 aromatic rings. The molecule has 0 bridgehead atoms. The molecule has 1 atom stereocenters. The van der Waals surface area contributed by atoms with Gasteiger partial charge in [-0.15, -0.1) is 0 Å². The van der Waals surface area contributed by atoms with E-state index in [9.17, 15) is 9.59 Å². The summed E-state index contributed by atoms with van der Waals surface area (Å²) in [6.45, 7) is 8.33. The largest absolute Gasteiger partial charge is 0.377 e. The van der Waals surface area contributed by atoms with Crippen molar-refractivity contribution in [3.05, 3.63) is 58.6 Å². The molecule has 0 saturated carbocycles. The summed E-state index contributed by atoms with van der Waals surface area (Å²) in [6.07, 6.45) is 0. The highest BCUT2D eigenvalue weighted by molar-refractivity contribution is 6.34. The molecule has 0 aliphatic heterocycles. The minimum Gasteiger partial charge on any atom is -0.377 e. The van der Waals surface area contributed by atoms with Crippen LogP contribution < -0.4 is 10.2 Å². The van der Waals surface area contributed by atoms with E-state index in [4.69, 9.17) is 11.6 Å². The quantitative estimate of drug-likeness (QED) is 0.688.